The highest BCUT2D eigenvalue weighted by atomic mass is 32.1. The maximum atomic E-state index is 8.59. The van der Waals surface area contributed by atoms with Crippen molar-refractivity contribution in [1.82, 2.24) is 5.32 Å². The molecule has 0 aliphatic carbocycles. The highest BCUT2D eigenvalue weighted by molar-refractivity contribution is 7.07. The van der Waals surface area contributed by atoms with E-state index in [4.69, 9.17) is 5.11 Å². The predicted molar refractivity (Wildman–Crippen MR) is 57.1 cm³/mol. The van der Waals surface area contributed by atoms with Gasteiger partial charge in [0.1, 0.15) is 0 Å². The smallest absolute Gasteiger partial charge is 0.0431 e. The first kappa shape index (κ1) is 10.7. The lowest BCUT2D eigenvalue weighted by Crippen LogP contribution is -2.19. The van der Waals surface area contributed by atoms with E-state index in [1.807, 2.05) is 0 Å². The zero-order valence-corrected chi connectivity index (χ0v) is 8.81. The molecular weight excluding hydrogens is 182 g/mol. The van der Waals surface area contributed by atoms with Gasteiger partial charge in [0.15, 0.2) is 0 Å². The molecule has 0 spiro atoms. The van der Waals surface area contributed by atoms with Crippen LogP contribution in [0.25, 0.3) is 0 Å². The molecule has 13 heavy (non-hydrogen) atoms. The molecule has 1 aromatic heterocycles. The summed E-state index contributed by atoms with van der Waals surface area (Å²) < 4.78 is 0. The van der Waals surface area contributed by atoms with E-state index in [-0.39, 0.29) is 0 Å². The zero-order valence-electron chi connectivity index (χ0n) is 7.99. The van der Waals surface area contributed by atoms with Gasteiger partial charge in [-0.1, -0.05) is 0 Å². The van der Waals surface area contributed by atoms with E-state index >= 15 is 0 Å². The topological polar surface area (TPSA) is 32.3 Å². The molecule has 1 heterocycles. The van der Waals surface area contributed by atoms with E-state index < -0.39 is 0 Å². The number of unbranched alkanes of at least 4 members (excludes halogenated alkanes) is 1. The van der Waals surface area contributed by atoms with E-state index in [1.165, 1.54) is 5.56 Å². The first-order chi connectivity index (χ1) is 6.34. The molecule has 0 fully saturated rings. The third-order valence-corrected chi connectivity index (χ3v) is 2.78. The van der Waals surface area contributed by atoms with Gasteiger partial charge in [-0.3, -0.25) is 0 Å². The number of aliphatic hydroxyl groups excluding tert-OH is 1. The van der Waals surface area contributed by atoms with Crippen LogP contribution in [0.1, 0.15) is 31.4 Å². The molecule has 0 saturated heterocycles. The second-order valence-electron chi connectivity index (χ2n) is 3.16. The van der Waals surface area contributed by atoms with Crippen LogP contribution in [0.3, 0.4) is 0 Å². The number of aliphatic hydroxyl groups is 1. The van der Waals surface area contributed by atoms with Crippen LogP contribution in [0.4, 0.5) is 0 Å². The van der Waals surface area contributed by atoms with Crippen LogP contribution in [0, 0.1) is 0 Å². The van der Waals surface area contributed by atoms with Gasteiger partial charge in [0.05, 0.1) is 0 Å². The van der Waals surface area contributed by atoms with Gasteiger partial charge in [0.25, 0.3) is 0 Å². The molecule has 0 aromatic carbocycles. The van der Waals surface area contributed by atoms with Crippen molar-refractivity contribution in [3.63, 3.8) is 0 Å². The molecule has 74 valence electrons. The van der Waals surface area contributed by atoms with Crippen molar-refractivity contribution in [1.29, 1.82) is 0 Å². The normalized spacial score (nSPS) is 13.1. The van der Waals surface area contributed by atoms with Crippen molar-refractivity contribution in [3.05, 3.63) is 22.4 Å². The number of nitrogens with one attached hydrogen (secondary N) is 1. The lowest BCUT2D eigenvalue weighted by atomic mass is 10.2. The van der Waals surface area contributed by atoms with Crippen LogP contribution in [0.15, 0.2) is 16.8 Å². The molecule has 2 N–H and O–H groups in total. The summed E-state index contributed by atoms with van der Waals surface area (Å²) in [6, 6.07) is 2.58. The average molecular weight is 199 g/mol. The van der Waals surface area contributed by atoms with Crippen molar-refractivity contribution in [3.8, 4) is 0 Å². The maximum absolute atomic E-state index is 8.59. The Kier molecular flexibility index (Phi) is 5.05. The summed E-state index contributed by atoms with van der Waals surface area (Å²) in [7, 11) is 0. The summed E-state index contributed by atoms with van der Waals surface area (Å²) in [6.45, 7) is 3.45. The zero-order chi connectivity index (χ0) is 9.52. The number of hydrogen-bond acceptors (Lipinski definition) is 3. The molecule has 1 aromatic rings. The SMILES string of the molecule is CC(NCCCCO)c1ccsc1. The van der Waals surface area contributed by atoms with Crippen molar-refractivity contribution in [2.24, 2.45) is 0 Å². The Balaban J connectivity index is 2.15. The van der Waals surface area contributed by atoms with Crippen LogP contribution in [-0.2, 0) is 0 Å². The monoisotopic (exact) mass is 199 g/mol. The highest BCUT2D eigenvalue weighted by Crippen LogP contribution is 2.15. The van der Waals surface area contributed by atoms with Crippen LogP contribution in [0.5, 0.6) is 0 Å². The Hall–Kier alpha value is -0.380. The maximum Gasteiger partial charge on any atom is 0.0431 e. The molecule has 0 aliphatic rings. The fourth-order valence-electron chi connectivity index (χ4n) is 1.19. The third kappa shape index (κ3) is 3.89. The number of rotatable bonds is 6. The minimum Gasteiger partial charge on any atom is -0.396 e. The van der Waals surface area contributed by atoms with Gasteiger partial charge in [-0.05, 0) is 48.7 Å². The van der Waals surface area contributed by atoms with Crippen molar-refractivity contribution >= 4 is 11.3 Å². The standard InChI is InChI=1S/C10H17NOS/c1-9(10-4-7-13-8-10)11-5-2-3-6-12/h4,7-9,11-12H,2-3,5-6H2,1H3. The van der Waals surface area contributed by atoms with Gasteiger partial charge in [0.2, 0.25) is 0 Å². The molecule has 0 aliphatic heterocycles. The second kappa shape index (κ2) is 6.13. The summed E-state index contributed by atoms with van der Waals surface area (Å²) in [6.07, 6.45) is 1.94. The molecule has 0 saturated carbocycles. The van der Waals surface area contributed by atoms with Gasteiger partial charge in [-0.25, -0.2) is 0 Å². The van der Waals surface area contributed by atoms with E-state index in [9.17, 15) is 0 Å². The lowest BCUT2D eigenvalue weighted by Gasteiger charge is -2.11. The van der Waals surface area contributed by atoms with Gasteiger partial charge < -0.3 is 10.4 Å². The summed E-state index contributed by atoms with van der Waals surface area (Å²) in [5.74, 6) is 0. The fourth-order valence-corrected chi connectivity index (χ4v) is 1.95. The fraction of sp³-hybridized carbons (Fsp3) is 0.600. The highest BCUT2D eigenvalue weighted by Gasteiger charge is 2.03. The van der Waals surface area contributed by atoms with Crippen LogP contribution < -0.4 is 5.32 Å². The van der Waals surface area contributed by atoms with E-state index in [0.29, 0.717) is 12.6 Å². The Morgan fingerprint density at radius 2 is 2.38 bits per heavy atom. The van der Waals surface area contributed by atoms with Gasteiger partial charge in [-0.15, -0.1) is 0 Å². The molecular formula is C10H17NOS. The summed E-state index contributed by atoms with van der Waals surface area (Å²) in [5.41, 5.74) is 1.36. The minimum atomic E-state index is 0.300. The van der Waals surface area contributed by atoms with E-state index in [0.717, 1.165) is 19.4 Å². The Morgan fingerprint density at radius 1 is 1.54 bits per heavy atom. The predicted octanol–water partition coefficient (Wildman–Crippen LogP) is 2.17. The van der Waals surface area contributed by atoms with Crippen LogP contribution in [0.2, 0.25) is 0 Å². The average Bonchev–Trinajstić information content (AvgIpc) is 2.65. The summed E-state index contributed by atoms with van der Waals surface area (Å²) >= 11 is 1.73. The molecule has 2 nitrogen and oxygen atoms in total. The van der Waals surface area contributed by atoms with Crippen LogP contribution in [-0.4, -0.2) is 18.3 Å². The van der Waals surface area contributed by atoms with Crippen molar-refractivity contribution in [2.75, 3.05) is 13.2 Å². The van der Waals surface area contributed by atoms with E-state index in [2.05, 4.69) is 29.1 Å². The van der Waals surface area contributed by atoms with Crippen LogP contribution >= 0.6 is 11.3 Å². The molecule has 0 bridgehead atoms. The summed E-state index contributed by atoms with van der Waals surface area (Å²) in [5, 5.41) is 16.3. The first-order valence-corrected chi connectivity index (χ1v) is 5.65. The Bertz CT molecular complexity index is 211. The van der Waals surface area contributed by atoms with Gasteiger partial charge >= 0.3 is 0 Å². The van der Waals surface area contributed by atoms with Crippen molar-refractivity contribution in [2.45, 2.75) is 25.8 Å². The largest absolute Gasteiger partial charge is 0.396 e. The summed E-state index contributed by atoms with van der Waals surface area (Å²) in [4.78, 5) is 0. The Morgan fingerprint density at radius 3 is 3.00 bits per heavy atom. The molecule has 1 rings (SSSR count). The Labute approximate surface area is 83.6 Å². The van der Waals surface area contributed by atoms with Gasteiger partial charge in [-0.2, -0.15) is 11.3 Å². The number of thiophene rings is 1. The quantitative estimate of drug-likeness (QED) is 0.688. The molecule has 1 atom stereocenters. The lowest BCUT2D eigenvalue weighted by molar-refractivity contribution is 0.283. The molecule has 0 radical (unpaired) electrons. The van der Waals surface area contributed by atoms with Gasteiger partial charge in [0, 0.05) is 12.6 Å². The van der Waals surface area contributed by atoms with Crippen molar-refractivity contribution < 1.29 is 5.11 Å². The van der Waals surface area contributed by atoms with E-state index in [1.54, 1.807) is 11.3 Å². The molecule has 0 amide bonds. The molecule has 1 unspecified atom stereocenters. The first-order valence-electron chi connectivity index (χ1n) is 4.71. The second-order valence-corrected chi connectivity index (χ2v) is 3.94. The molecule has 3 heteroatoms. The number of hydrogen-bond donors (Lipinski definition) is 2. The minimum absolute atomic E-state index is 0.300. The third-order valence-electron chi connectivity index (χ3n) is 2.08.